The highest BCUT2D eigenvalue weighted by molar-refractivity contribution is 7.17. The van der Waals surface area contributed by atoms with Gasteiger partial charge in [-0.2, -0.15) is 4.98 Å². The first-order chi connectivity index (χ1) is 16.9. The van der Waals surface area contributed by atoms with Crippen LogP contribution in [-0.4, -0.2) is 28.3 Å². The summed E-state index contributed by atoms with van der Waals surface area (Å²) in [6.45, 7) is 5.96. The molecule has 1 amide bonds. The van der Waals surface area contributed by atoms with Crippen molar-refractivity contribution in [3.05, 3.63) is 76.3 Å². The fourth-order valence-corrected chi connectivity index (χ4v) is 4.61. The lowest BCUT2D eigenvalue weighted by molar-refractivity contribution is 0.101. The van der Waals surface area contributed by atoms with Crippen LogP contribution in [0.15, 0.2) is 63.6 Å². The number of carbonyl (C=O) groups is 1. The lowest BCUT2D eigenvalue weighted by atomic mass is 10.1. The van der Waals surface area contributed by atoms with Gasteiger partial charge in [0, 0.05) is 22.1 Å². The van der Waals surface area contributed by atoms with Crippen molar-refractivity contribution < 1.29 is 18.6 Å². The lowest BCUT2D eigenvalue weighted by Crippen LogP contribution is -2.11. The molecule has 0 bridgehead atoms. The summed E-state index contributed by atoms with van der Waals surface area (Å²) in [5.74, 6) is 1.65. The molecule has 0 saturated carbocycles. The zero-order valence-electron chi connectivity index (χ0n) is 19.6. The van der Waals surface area contributed by atoms with E-state index < -0.39 is 5.91 Å². The largest absolute Gasteiger partial charge is 0.497 e. The molecule has 3 heterocycles. The van der Waals surface area contributed by atoms with Crippen LogP contribution in [0.2, 0.25) is 0 Å². The van der Waals surface area contributed by atoms with Gasteiger partial charge in [0.1, 0.15) is 10.8 Å². The van der Waals surface area contributed by atoms with Gasteiger partial charge in [-0.15, -0.1) is 11.3 Å². The number of anilines is 1. The van der Waals surface area contributed by atoms with Crippen LogP contribution >= 0.6 is 11.3 Å². The minimum atomic E-state index is -0.394. The minimum absolute atomic E-state index is 0.163. The Morgan fingerprint density at radius 3 is 2.37 bits per heavy atom. The number of benzene rings is 2. The molecule has 0 fully saturated rings. The normalized spacial score (nSPS) is 11.0. The first-order valence-corrected chi connectivity index (χ1v) is 11.7. The number of hydrogen-bond acceptors (Lipinski definition) is 8. The van der Waals surface area contributed by atoms with E-state index in [0.29, 0.717) is 28.0 Å². The molecule has 0 radical (unpaired) electrons. The van der Waals surface area contributed by atoms with Gasteiger partial charge in [-0.05, 0) is 50.6 Å². The van der Waals surface area contributed by atoms with Crippen molar-refractivity contribution in [3.63, 3.8) is 0 Å². The Hall–Kier alpha value is -4.24. The van der Waals surface area contributed by atoms with E-state index in [4.69, 9.17) is 13.8 Å². The average molecular weight is 487 g/mol. The van der Waals surface area contributed by atoms with Crippen molar-refractivity contribution in [1.29, 1.82) is 0 Å². The van der Waals surface area contributed by atoms with Crippen molar-refractivity contribution in [1.82, 2.24) is 15.3 Å². The highest BCUT2D eigenvalue weighted by Gasteiger charge is 2.23. The number of nitrogens with zero attached hydrogens (tertiary/aromatic N) is 3. The van der Waals surface area contributed by atoms with Crippen LogP contribution in [0.3, 0.4) is 0 Å². The summed E-state index contributed by atoms with van der Waals surface area (Å²) in [7, 11) is 1.60. The third kappa shape index (κ3) is 4.45. The van der Waals surface area contributed by atoms with Gasteiger partial charge in [0.15, 0.2) is 11.5 Å². The zero-order chi connectivity index (χ0) is 24.5. The second-order valence-electron chi connectivity index (χ2n) is 8.04. The quantitative estimate of drug-likeness (QED) is 0.300. The van der Waals surface area contributed by atoms with E-state index in [1.54, 1.807) is 13.2 Å². The van der Waals surface area contributed by atoms with Crippen LogP contribution in [0.5, 0.6) is 5.75 Å². The molecule has 1 N–H and O–H groups in total. The smallest absolute Gasteiger partial charge is 0.278 e. The van der Waals surface area contributed by atoms with Gasteiger partial charge in [-0.1, -0.05) is 40.1 Å². The maximum atomic E-state index is 13.0. The summed E-state index contributed by atoms with van der Waals surface area (Å²) in [4.78, 5) is 18.6. The van der Waals surface area contributed by atoms with Gasteiger partial charge in [-0.25, -0.2) is 0 Å². The molecule has 0 saturated heterocycles. The molecular formula is C26H22N4O4S. The van der Waals surface area contributed by atoms with Crippen LogP contribution in [0.4, 0.5) is 5.00 Å². The molecule has 3 aromatic heterocycles. The predicted molar refractivity (Wildman–Crippen MR) is 134 cm³/mol. The van der Waals surface area contributed by atoms with Crippen molar-refractivity contribution in [2.24, 2.45) is 0 Å². The topological polar surface area (TPSA) is 103 Å². The number of hydrogen-bond donors (Lipinski definition) is 1. The molecule has 35 heavy (non-hydrogen) atoms. The number of thiophene rings is 1. The molecule has 0 aliphatic carbocycles. The number of nitrogens with one attached hydrogen (secondary N) is 1. The Bertz CT molecular complexity index is 1500. The first kappa shape index (κ1) is 22.5. The van der Waals surface area contributed by atoms with Gasteiger partial charge < -0.3 is 19.1 Å². The molecule has 9 heteroatoms. The summed E-state index contributed by atoms with van der Waals surface area (Å²) >= 11 is 1.44. The highest BCUT2D eigenvalue weighted by Crippen LogP contribution is 2.40. The lowest BCUT2D eigenvalue weighted by Gasteiger charge is -2.02. The molecule has 2 aromatic carbocycles. The van der Waals surface area contributed by atoms with Gasteiger partial charge in [-0.3, -0.25) is 4.79 Å². The Balaban J connectivity index is 1.40. The second kappa shape index (κ2) is 9.19. The molecule has 5 rings (SSSR count). The summed E-state index contributed by atoms with van der Waals surface area (Å²) in [5.41, 5.74) is 4.62. The third-order valence-corrected chi connectivity index (χ3v) is 6.80. The van der Waals surface area contributed by atoms with E-state index in [0.717, 1.165) is 32.9 Å². The maximum Gasteiger partial charge on any atom is 0.278 e. The molecule has 0 aliphatic heterocycles. The van der Waals surface area contributed by atoms with Gasteiger partial charge >= 0.3 is 0 Å². The van der Waals surface area contributed by atoms with Crippen molar-refractivity contribution >= 4 is 22.2 Å². The monoisotopic (exact) mass is 486 g/mol. The molecule has 0 unspecified atom stereocenters. The minimum Gasteiger partial charge on any atom is -0.497 e. The molecule has 5 aromatic rings. The van der Waals surface area contributed by atoms with Crippen molar-refractivity contribution in [2.45, 2.75) is 20.8 Å². The highest BCUT2D eigenvalue weighted by atomic mass is 32.1. The predicted octanol–water partition coefficient (Wildman–Crippen LogP) is 6.31. The molecule has 0 spiro atoms. The van der Waals surface area contributed by atoms with Crippen molar-refractivity contribution in [2.75, 3.05) is 12.4 Å². The Morgan fingerprint density at radius 1 is 0.943 bits per heavy atom. The molecule has 176 valence electrons. The van der Waals surface area contributed by atoms with Crippen molar-refractivity contribution in [3.8, 4) is 39.9 Å². The van der Waals surface area contributed by atoms with E-state index in [1.807, 2.05) is 69.3 Å². The fourth-order valence-electron chi connectivity index (χ4n) is 3.56. The molecule has 8 nitrogen and oxygen atoms in total. The van der Waals surface area contributed by atoms with Crippen LogP contribution in [0.25, 0.3) is 34.2 Å². The fraction of sp³-hybridized carbons (Fsp3) is 0.154. The summed E-state index contributed by atoms with van der Waals surface area (Å²) in [5, 5.41) is 11.6. The van der Waals surface area contributed by atoms with E-state index >= 15 is 0 Å². The molecule has 0 atom stereocenters. The molecule has 0 aliphatic rings. The zero-order valence-corrected chi connectivity index (χ0v) is 20.4. The second-order valence-corrected chi connectivity index (χ2v) is 9.26. The Labute approximate surface area is 205 Å². The van der Waals surface area contributed by atoms with Crippen LogP contribution in [0.1, 0.15) is 26.5 Å². The standard InChI is InChI=1S/C26H22N4O4S/c1-14-5-7-18(8-6-14)23-27-25(34-30-23)22-15(2)16(3)35-26(22)28-24(31)20-13-21(33-29-20)17-9-11-19(32-4)12-10-17/h5-13H,1-4H3,(H,28,31). The number of carbonyl (C=O) groups excluding carboxylic acids is 1. The maximum absolute atomic E-state index is 13.0. The number of ether oxygens (including phenoxy) is 1. The molecular weight excluding hydrogens is 464 g/mol. The summed E-state index contributed by atoms with van der Waals surface area (Å²) in [6.07, 6.45) is 0. The van der Waals surface area contributed by atoms with Gasteiger partial charge in [0.05, 0.1) is 12.7 Å². The number of aryl methyl sites for hydroxylation is 2. The van der Waals surface area contributed by atoms with Crippen LogP contribution < -0.4 is 10.1 Å². The third-order valence-electron chi connectivity index (χ3n) is 5.68. The van der Waals surface area contributed by atoms with Crippen LogP contribution in [0, 0.1) is 20.8 Å². The van der Waals surface area contributed by atoms with E-state index in [2.05, 4.69) is 20.6 Å². The van der Waals surface area contributed by atoms with Gasteiger partial charge in [0.25, 0.3) is 11.8 Å². The number of methoxy groups -OCH3 is 1. The summed E-state index contributed by atoms with van der Waals surface area (Å²) in [6, 6.07) is 16.8. The van der Waals surface area contributed by atoms with E-state index in [-0.39, 0.29) is 5.69 Å². The van der Waals surface area contributed by atoms with Crippen LogP contribution in [-0.2, 0) is 0 Å². The Morgan fingerprint density at radius 2 is 1.66 bits per heavy atom. The number of rotatable bonds is 6. The SMILES string of the molecule is COc1ccc(-c2cc(C(=O)Nc3sc(C)c(C)c3-c3nc(-c4ccc(C)cc4)no3)no2)cc1. The van der Waals surface area contributed by atoms with Gasteiger partial charge in [0.2, 0.25) is 5.82 Å². The number of aromatic nitrogens is 3. The average Bonchev–Trinajstić information content (AvgIpc) is 3.60. The summed E-state index contributed by atoms with van der Waals surface area (Å²) < 4.78 is 16.2. The van der Waals surface area contributed by atoms with E-state index in [9.17, 15) is 4.79 Å². The Kier molecular flexibility index (Phi) is 5.92. The van der Waals surface area contributed by atoms with E-state index in [1.165, 1.54) is 11.3 Å². The number of amides is 1. The first-order valence-electron chi connectivity index (χ1n) is 10.9.